The van der Waals surface area contributed by atoms with Gasteiger partial charge in [0, 0.05) is 37.2 Å². The van der Waals surface area contributed by atoms with Gasteiger partial charge in [-0.2, -0.15) is 0 Å². The third kappa shape index (κ3) is 5.35. The van der Waals surface area contributed by atoms with Gasteiger partial charge in [0.1, 0.15) is 5.82 Å². The van der Waals surface area contributed by atoms with Crippen LogP contribution in [0.1, 0.15) is 35.3 Å². The van der Waals surface area contributed by atoms with Gasteiger partial charge in [0.25, 0.3) is 5.91 Å². The third-order valence-electron chi connectivity index (χ3n) is 5.00. The van der Waals surface area contributed by atoms with E-state index in [0.29, 0.717) is 12.1 Å². The lowest BCUT2D eigenvalue weighted by atomic mass is 10.1. The molecule has 0 fully saturated rings. The van der Waals surface area contributed by atoms with Gasteiger partial charge in [-0.1, -0.05) is 24.3 Å². The molecule has 2 N–H and O–H groups in total. The van der Waals surface area contributed by atoms with E-state index in [4.69, 9.17) is 0 Å². The molecule has 150 valence electrons. The molecule has 5 heteroatoms. The van der Waals surface area contributed by atoms with Crippen LogP contribution in [0.15, 0.2) is 66.9 Å². The fourth-order valence-electron chi connectivity index (χ4n) is 3.17. The number of nitrogens with one attached hydrogen (secondary N) is 2. The van der Waals surface area contributed by atoms with Crippen molar-refractivity contribution in [3.05, 3.63) is 83.6 Å². The molecule has 0 saturated carbocycles. The predicted molar refractivity (Wildman–Crippen MR) is 121 cm³/mol. The van der Waals surface area contributed by atoms with Gasteiger partial charge in [-0.05, 0) is 68.3 Å². The molecule has 1 aromatic heterocycles. The van der Waals surface area contributed by atoms with Crippen LogP contribution in [-0.4, -0.2) is 24.0 Å². The molecule has 0 atom stereocenters. The second kappa shape index (κ2) is 9.73. The normalized spacial score (nSPS) is 10.4. The van der Waals surface area contributed by atoms with Crippen LogP contribution in [0.3, 0.4) is 0 Å². The van der Waals surface area contributed by atoms with Crippen LogP contribution in [0.4, 0.5) is 17.2 Å². The summed E-state index contributed by atoms with van der Waals surface area (Å²) in [4.78, 5) is 19.1. The number of carbonyl (C=O) groups is 1. The minimum Gasteiger partial charge on any atom is -0.372 e. The Morgan fingerprint density at radius 3 is 2.31 bits per heavy atom. The minimum atomic E-state index is -0.168. The summed E-state index contributed by atoms with van der Waals surface area (Å²) in [5, 5.41) is 6.23. The third-order valence-corrected chi connectivity index (χ3v) is 5.00. The Kier molecular flexibility index (Phi) is 6.85. The molecule has 29 heavy (non-hydrogen) atoms. The molecule has 1 heterocycles. The highest BCUT2D eigenvalue weighted by Crippen LogP contribution is 2.18. The van der Waals surface area contributed by atoms with Crippen molar-refractivity contribution in [3.63, 3.8) is 0 Å². The van der Waals surface area contributed by atoms with E-state index < -0.39 is 0 Å². The van der Waals surface area contributed by atoms with Gasteiger partial charge in [-0.15, -0.1) is 0 Å². The number of carbonyl (C=O) groups excluding carboxylic acids is 1. The SMILES string of the molecule is CCN(CC)c1ccc(NC(=O)c2ccc(NCc3ccccc3C)nc2)cc1. The molecule has 2 aromatic carbocycles. The lowest BCUT2D eigenvalue weighted by Crippen LogP contribution is -2.21. The second-order valence-corrected chi connectivity index (χ2v) is 6.89. The Balaban J connectivity index is 1.58. The Labute approximate surface area is 172 Å². The van der Waals surface area contributed by atoms with E-state index in [2.05, 4.69) is 53.4 Å². The number of aromatic nitrogens is 1. The first kappa shape index (κ1) is 20.4. The number of pyridine rings is 1. The largest absolute Gasteiger partial charge is 0.372 e. The van der Waals surface area contributed by atoms with Crippen LogP contribution in [0.2, 0.25) is 0 Å². The van der Waals surface area contributed by atoms with E-state index in [1.165, 1.54) is 11.1 Å². The molecular weight excluding hydrogens is 360 g/mol. The number of amides is 1. The number of hydrogen-bond acceptors (Lipinski definition) is 4. The highest BCUT2D eigenvalue weighted by Gasteiger charge is 2.08. The Hall–Kier alpha value is -3.34. The van der Waals surface area contributed by atoms with Crippen molar-refractivity contribution in [2.45, 2.75) is 27.3 Å². The lowest BCUT2D eigenvalue weighted by molar-refractivity contribution is 0.102. The van der Waals surface area contributed by atoms with Crippen molar-refractivity contribution in [1.82, 2.24) is 4.98 Å². The van der Waals surface area contributed by atoms with E-state index in [1.54, 1.807) is 12.3 Å². The van der Waals surface area contributed by atoms with Crippen molar-refractivity contribution >= 4 is 23.1 Å². The molecule has 0 saturated heterocycles. The molecule has 3 rings (SSSR count). The summed E-state index contributed by atoms with van der Waals surface area (Å²) >= 11 is 0. The molecule has 3 aromatic rings. The summed E-state index contributed by atoms with van der Waals surface area (Å²) < 4.78 is 0. The summed E-state index contributed by atoms with van der Waals surface area (Å²) in [5.41, 5.74) is 4.91. The van der Waals surface area contributed by atoms with Gasteiger partial charge in [0.15, 0.2) is 0 Å². The standard InChI is InChI=1S/C24H28N4O/c1-4-28(5-2)22-13-11-21(12-14-22)27-24(29)20-10-15-23(26-17-20)25-16-19-9-7-6-8-18(19)3/h6-15,17H,4-5,16H2,1-3H3,(H,25,26)(H,27,29). The maximum atomic E-state index is 12.5. The molecule has 1 amide bonds. The number of nitrogens with zero attached hydrogens (tertiary/aromatic N) is 2. The predicted octanol–water partition coefficient (Wildman–Crippen LogP) is 5.10. The molecule has 0 aliphatic heterocycles. The van der Waals surface area contributed by atoms with Crippen molar-refractivity contribution in [2.75, 3.05) is 28.6 Å². The average molecular weight is 389 g/mol. The lowest BCUT2D eigenvalue weighted by Gasteiger charge is -2.21. The summed E-state index contributed by atoms with van der Waals surface area (Å²) in [5.74, 6) is 0.576. The van der Waals surface area contributed by atoms with Gasteiger partial charge in [-0.3, -0.25) is 4.79 Å². The van der Waals surface area contributed by atoms with E-state index in [0.717, 1.165) is 30.3 Å². The summed E-state index contributed by atoms with van der Waals surface area (Å²) in [6.45, 7) is 8.96. The first-order chi connectivity index (χ1) is 14.1. The molecule has 0 radical (unpaired) electrons. The van der Waals surface area contributed by atoms with Crippen LogP contribution in [0.25, 0.3) is 0 Å². The maximum Gasteiger partial charge on any atom is 0.257 e. The van der Waals surface area contributed by atoms with E-state index in [1.807, 2.05) is 42.5 Å². The van der Waals surface area contributed by atoms with Crippen molar-refractivity contribution in [3.8, 4) is 0 Å². The van der Waals surface area contributed by atoms with Gasteiger partial charge >= 0.3 is 0 Å². The van der Waals surface area contributed by atoms with E-state index in [9.17, 15) is 4.79 Å². The average Bonchev–Trinajstić information content (AvgIpc) is 2.75. The fourth-order valence-corrected chi connectivity index (χ4v) is 3.17. The summed E-state index contributed by atoms with van der Waals surface area (Å²) in [7, 11) is 0. The van der Waals surface area contributed by atoms with Gasteiger partial charge in [-0.25, -0.2) is 4.98 Å². The smallest absolute Gasteiger partial charge is 0.257 e. The van der Waals surface area contributed by atoms with Gasteiger partial charge < -0.3 is 15.5 Å². The zero-order chi connectivity index (χ0) is 20.6. The van der Waals surface area contributed by atoms with Crippen LogP contribution < -0.4 is 15.5 Å². The topological polar surface area (TPSA) is 57.3 Å². The Bertz CT molecular complexity index is 932. The molecule has 0 aliphatic rings. The first-order valence-electron chi connectivity index (χ1n) is 10.0. The first-order valence-corrected chi connectivity index (χ1v) is 10.0. The van der Waals surface area contributed by atoms with Crippen LogP contribution in [-0.2, 0) is 6.54 Å². The van der Waals surface area contributed by atoms with Gasteiger partial charge in [0.2, 0.25) is 0 Å². The van der Waals surface area contributed by atoms with E-state index in [-0.39, 0.29) is 5.91 Å². The highest BCUT2D eigenvalue weighted by atomic mass is 16.1. The number of aryl methyl sites for hydroxylation is 1. The number of benzene rings is 2. The number of anilines is 3. The highest BCUT2D eigenvalue weighted by molar-refractivity contribution is 6.04. The summed E-state index contributed by atoms with van der Waals surface area (Å²) in [6.07, 6.45) is 1.60. The monoisotopic (exact) mass is 388 g/mol. The van der Waals surface area contributed by atoms with Crippen LogP contribution >= 0.6 is 0 Å². The molecular formula is C24H28N4O. The molecule has 0 aliphatic carbocycles. The Morgan fingerprint density at radius 1 is 0.966 bits per heavy atom. The van der Waals surface area contributed by atoms with Gasteiger partial charge in [0.05, 0.1) is 5.56 Å². The second-order valence-electron chi connectivity index (χ2n) is 6.89. The molecule has 0 unspecified atom stereocenters. The van der Waals surface area contributed by atoms with Crippen molar-refractivity contribution in [2.24, 2.45) is 0 Å². The maximum absolute atomic E-state index is 12.5. The molecule has 0 bridgehead atoms. The van der Waals surface area contributed by atoms with Crippen LogP contribution in [0, 0.1) is 6.92 Å². The van der Waals surface area contributed by atoms with Crippen molar-refractivity contribution < 1.29 is 4.79 Å². The van der Waals surface area contributed by atoms with Crippen LogP contribution in [0.5, 0.6) is 0 Å². The number of rotatable bonds is 8. The minimum absolute atomic E-state index is 0.168. The fraction of sp³-hybridized carbons (Fsp3) is 0.250. The molecule has 0 spiro atoms. The van der Waals surface area contributed by atoms with E-state index >= 15 is 0 Å². The zero-order valence-electron chi connectivity index (χ0n) is 17.3. The number of hydrogen-bond donors (Lipinski definition) is 2. The van der Waals surface area contributed by atoms with Crippen molar-refractivity contribution in [1.29, 1.82) is 0 Å². The molecule has 5 nitrogen and oxygen atoms in total. The summed E-state index contributed by atoms with van der Waals surface area (Å²) in [6, 6.07) is 19.8. The quantitative estimate of drug-likeness (QED) is 0.564. The Morgan fingerprint density at radius 2 is 1.69 bits per heavy atom. The zero-order valence-corrected chi connectivity index (χ0v) is 17.3.